The Labute approximate surface area is 207 Å². The summed E-state index contributed by atoms with van der Waals surface area (Å²) >= 11 is 1.36. The van der Waals surface area contributed by atoms with Gasteiger partial charge in [-0.25, -0.2) is 0 Å². The lowest BCUT2D eigenvalue weighted by molar-refractivity contribution is -0.384. The zero-order valence-corrected chi connectivity index (χ0v) is 20.3. The number of anilines is 2. The molecule has 0 fully saturated rings. The molecule has 3 aromatic rings. The topological polar surface area (TPSA) is 120 Å². The Kier molecular flexibility index (Phi) is 8.69. The van der Waals surface area contributed by atoms with Crippen LogP contribution in [0.3, 0.4) is 0 Å². The number of nitro groups is 1. The number of carbonyl (C=O) groups is 2. The van der Waals surface area contributed by atoms with E-state index in [0.717, 1.165) is 4.90 Å². The lowest BCUT2D eigenvalue weighted by atomic mass is 10.2. The average molecular weight is 496 g/mol. The summed E-state index contributed by atoms with van der Waals surface area (Å²) in [7, 11) is 3.07. The molecule has 0 aromatic heterocycles. The van der Waals surface area contributed by atoms with Gasteiger partial charge in [0.1, 0.15) is 11.5 Å². The van der Waals surface area contributed by atoms with Crippen LogP contribution in [0.25, 0.3) is 0 Å². The highest BCUT2D eigenvalue weighted by molar-refractivity contribution is 8.00. The SMILES string of the molecule is CCC(Sc1cccc(NC(=O)c2cccc([N+](=O)[O-])c2)c1)C(=O)Nc1ccc(OC)cc1OC. The van der Waals surface area contributed by atoms with Gasteiger partial charge in [0.25, 0.3) is 11.6 Å². The number of benzene rings is 3. The van der Waals surface area contributed by atoms with Crippen molar-refractivity contribution in [3.8, 4) is 11.5 Å². The number of hydrogen-bond donors (Lipinski definition) is 2. The molecule has 1 unspecified atom stereocenters. The Balaban J connectivity index is 1.69. The van der Waals surface area contributed by atoms with Gasteiger partial charge in [-0.2, -0.15) is 0 Å². The summed E-state index contributed by atoms with van der Waals surface area (Å²) in [4.78, 5) is 36.7. The van der Waals surface area contributed by atoms with E-state index in [4.69, 9.17) is 9.47 Å². The first-order valence-corrected chi connectivity index (χ1v) is 11.6. The highest BCUT2D eigenvalue weighted by Gasteiger charge is 2.20. The van der Waals surface area contributed by atoms with Crippen LogP contribution in [0, 0.1) is 10.1 Å². The van der Waals surface area contributed by atoms with Crippen LogP contribution < -0.4 is 20.1 Å². The van der Waals surface area contributed by atoms with Gasteiger partial charge in [0.05, 0.1) is 30.1 Å². The van der Waals surface area contributed by atoms with E-state index < -0.39 is 16.1 Å². The van der Waals surface area contributed by atoms with Gasteiger partial charge in [-0.1, -0.05) is 19.1 Å². The third-order valence-corrected chi connectivity index (χ3v) is 6.38. The van der Waals surface area contributed by atoms with Crippen molar-refractivity contribution in [2.75, 3.05) is 24.9 Å². The molecule has 0 radical (unpaired) electrons. The Morgan fingerprint density at radius 3 is 2.46 bits per heavy atom. The number of ether oxygens (including phenoxy) is 2. The number of nitro benzene ring substituents is 1. The minimum Gasteiger partial charge on any atom is -0.497 e. The molecule has 3 aromatic carbocycles. The second-order valence-electron chi connectivity index (χ2n) is 7.36. The summed E-state index contributed by atoms with van der Waals surface area (Å²) < 4.78 is 10.5. The molecule has 2 amide bonds. The lowest BCUT2D eigenvalue weighted by Crippen LogP contribution is -2.24. The van der Waals surface area contributed by atoms with Gasteiger partial charge in [-0.3, -0.25) is 19.7 Å². The molecule has 182 valence electrons. The quantitative estimate of drug-likeness (QED) is 0.220. The number of carbonyl (C=O) groups excluding carboxylic acids is 2. The molecular formula is C25H25N3O6S. The number of nitrogens with one attached hydrogen (secondary N) is 2. The minimum atomic E-state index is -0.550. The number of nitrogens with zero attached hydrogens (tertiary/aromatic N) is 1. The Hall–Kier alpha value is -4.05. The van der Waals surface area contributed by atoms with Gasteiger partial charge in [0.2, 0.25) is 5.91 Å². The van der Waals surface area contributed by atoms with Crippen LogP contribution >= 0.6 is 11.8 Å². The predicted molar refractivity (Wildman–Crippen MR) is 136 cm³/mol. The summed E-state index contributed by atoms with van der Waals surface area (Å²) in [6, 6.07) is 17.7. The second-order valence-corrected chi connectivity index (χ2v) is 8.64. The zero-order chi connectivity index (χ0) is 25.4. The molecule has 9 nitrogen and oxygen atoms in total. The zero-order valence-electron chi connectivity index (χ0n) is 19.4. The van der Waals surface area contributed by atoms with Crippen LogP contribution in [0.5, 0.6) is 11.5 Å². The summed E-state index contributed by atoms with van der Waals surface area (Å²) in [5, 5.41) is 16.2. The van der Waals surface area contributed by atoms with Crippen LogP contribution in [-0.4, -0.2) is 36.2 Å². The van der Waals surface area contributed by atoms with Crippen molar-refractivity contribution in [1.82, 2.24) is 0 Å². The van der Waals surface area contributed by atoms with E-state index in [2.05, 4.69) is 10.6 Å². The van der Waals surface area contributed by atoms with Crippen molar-refractivity contribution in [2.24, 2.45) is 0 Å². The van der Waals surface area contributed by atoms with Crippen LogP contribution in [0.15, 0.2) is 71.6 Å². The first kappa shape index (κ1) is 25.6. The lowest BCUT2D eigenvalue weighted by Gasteiger charge is -2.17. The molecule has 0 bridgehead atoms. The molecule has 1 atom stereocenters. The molecule has 10 heteroatoms. The average Bonchev–Trinajstić information content (AvgIpc) is 2.87. The molecule has 0 aliphatic heterocycles. The van der Waals surface area contributed by atoms with Gasteiger partial charge in [0.15, 0.2) is 0 Å². The number of thioether (sulfide) groups is 1. The van der Waals surface area contributed by atoms with Crippen molar-refractivity contribution >= 4 is 40.6 Å². The molecule has 0 aliphatic carbocycles. The number of non-ortho nitro benzene ring substituents is 1. The van der Waals surface area contributed by atoms with Crippen molar-refractivity contribution in [2.45, 2.75) is 23.5 Å². The molecular weight excluding hydrogens is 470 g/mol. The monoisotopic (exact) mass is 495 g/mol. The maximum atomic E-state index is 13.0. The molecule has 3 rings (SSSR count). The maximum absolute atomic E-state index is 13.0. The van der Waals surface area contributed by atoms with Gasteiger partial charge < -0.3 is 20.1 Å². The van der Waals surface area contributed by atoms with Crippen molar-refractivity contribution in [3.63, 3.8) is 0 Å². The molecule has 2 N–H and O–H groups in total. The predicted octanol–water partition coefficient (Wildman–Crippen LogP) is 5.37. The summed E-state index contributed by atoms with van der Waals surface area (Å²) in [5.74, 6) is 0.452. The van der Waals surface area contributed by atoms with Crippen LogP contribution in [0.1, 0.15) is 23.7 Å². The molecule has 35 heavy (non-hydrogen) atoms. The van der Waals surface area contributed by atoms with E-state index in [9.17, 15) is 19.7 Å². The largest absolute Gasteiger partial charge is 0.497 e. The number of amides is 2. The van der Waals surface area contributed by atoms with E-state index >= 15 is 0 Å². The second kappa shape index (κ2) is 11.9. The Bertz CT molecular complexity index is 1230. The normalized spacial score (nSPS) is 11.3. The van der Waals surface area contributed by atoms with Crippen molar-refractivity contribution in [1.29, 1.82) is 0 Å². The fraction of sp³-hybridized carbons (Fsp3) is 0.200. The van der Waals surface area contributed by atoms with E-state index in [0.29, 0.717) is 29.3 Å². The van der Waals surface area contributed by atoms with E-state index in [1.165, 1.54) is 43.1 Å². The smallest absolute Gasteiger partial charge is 0.270 e. The summed E-state index contributed by atoms with van der Waals surface area (Å²) in [5.41, 5.74) is 1.07. The van der Waals surface area contributed by atoms with Crippen LogP contribution in [0.4, 0.5) is 17.1 Å². The minimum absolute atomic E-state index is 0.160. The molecule has 0 saturated heterocycles. The molecule has 0 spiro atoms. The molecule has 0 aliphatic rings. The van der Waals surface area contributed by atoms with Crippen molar-refractivity contribution in [3.05, 3.63) is 82.4 Å². The summed E-state index contributed by atoms with van der Waals surface area (Å²) in [6.07, 6.45) is 0.569. The summed E-state index contributed by atoms with van der Waals surface area (Å²) in [6.45, 7) is 1.91. The van der Waals surface area contributed by atoms with Gasteiger partial charge >= 0.3 is 0 Å². The van der Waals surface area contributed by atoms with Gasteiger partial charge in [-0.15, -0.1) is 11.8 Å². The van der Waals surface area contributed by atoms with Crippen LogP contribution in [0.2, 0.25) is 0 Å². The third-order valence-electron chi connectivity index (χ3n) is 5.02. The highest BCUT2D eigenvalue weighted by Crippen LogP contribution is 2.32. The highest BCUT2D eigenvalue weighted by atomic mass is 32.2. The fourth-order valence-corrected chi connectivity index (χ4v) is 4.23. The number of methoxy groups -OCH3 is 2. The Morgan fingerprint density at radius 1 is 1.00 bits per heavy atom. The van der Waals surface area contributed by atoms with E-state index in [1.54, 1.807) is 43.5 Å². The molecule has 0 heterocycles. The fourth-order valence-electron chi connectivity index (χ4n) is 3.21. The first-order valence-electron chi connectivity index (χ1n) is 10.7. The first-order chi connectivity index (χ1) is 16.8. The maximum Gasteiger partial charge on any atom is 0.270 e. The van der Waals surface area contributed by atoms with Gasteiger partial charge in [0, 0.05) is 34.3 Å². The standard InChI is InChI=1S/C25H25N3O6S/c1-4-23(25(30)27-21-12-11-19(33-2)15-22(21)34-3)35-20-10-6-8-17(14-20)26-24(29)16-7-5-9-18(13-16)28(31)32/h5-15,23H,4H2,1-3H3,(H,26,29)(H,27,30). The van der Waals surface area contributed by atoms with Gasteiger partial charge in [-0.05, 0) is 42.8 Å². The van der Waals surface area contributed by atoms with Crippen molar-refractivity contribution < 1.29 is 24.0 Å². The van der Waals surface area contributed by atoms with E-state index in [1.807, 2.05) is 13.0 Å². The Morgan fingerprint density at radius 2 is 1.77 bits per heavy atom. The molecule has 0 saturated carbocycles. The van der Waals surface area contributed by atoms with Crippen LogP contribution in [-0.2, 0) is 4.79 Å². The van der Waals surface area contributed by atoms with E-state index in [-0.39, 0.29) is 17.2 Å². The number of rotatable bonds is 10. The number of hydrogen-bond acceptors (Lipinski definition) is 7. The third kappa shape index (κ3) is 6.73.